The van der Waals surface area contributed by atoms with E-state index in [1.165, 1.54) is 6.92 Å². The average Bonchev–Trinajstić information content (AvgIpc) is 3.39. The van der Waals surface area contributed by atoms with Gasteiger partial charge in [-0.15, -0.1) is 0 Å². The number of benzene rings is 2. The van der Waals surface area contributed by atoms with Crippen LogP contribution < -0.4 is 20.3 Å². The third-order valence-corrected chi connectivity index (χ3v) is 7.08. The van der Waals surface area contributed by atoms with Crippen molar-refractivity contribution in [1.29, 1.82) is 0 Å². The lowest BCUT2D eigenvalue weighted by Crippen LogP contribution is -2.29. The van der Waals surface area contributed by atoms with E-state index in [1.807, 2.05) is 48.5 Å². The highest BCUT2D eigenvalue weighted by molar-refractivity contribution is 7.80. The number of methoxy groups -OCH3 is 1. The van der Waals surface area contributed by atoms with E-state index in [9.17, 15) is 9.90 Å². The van der Waals surface area contributed by atoms with Gasteiger partial charge in [0.05, 0.1) is 30.6 Å². The summed E-state index contributed by atoms with van der Waals surface area (Å²) in [7, 11) is 1.57. The SMILES string of the molecule is COc1ccc(N2C(=S)N[C@@H](c3ccccn3)[C@@H]2c2cc(C)n(-c3ccc(O)cc3)c2C)cc1NC(C)=O. The summed E-state index contributed by atoms with van der Waals surface area (Å²) in [6, 6.07) is 20.4. The number of aryl methyl sites for hydroxylation is 1. The topological polar surface area (TPSA) is 91.7 Å². The predicted molar refractivity (Wildman–Crippen MR) is 152 cm³/mol. The number of aromatic hydroxyl groups is 1. The number of rotatable bonds is 6. The molecule has 3 N–H and O–H groups in total. The van der Waals surface area contributed by atoms with Gasteiger partial charge in [-0.05, 0) is 92.3 Å². The summed E-state index contributed by atoms with van der Waals surface area (Å²) >= 11 is 5.89. The number of nitrogens with zero attached hydrogens (tertiary/aromatic N) is 3. The second-order valence-electron chi connectivity index (χ2n) is 9.24. The summed E-state index contributed by atoms with van der Waals surface area (Å²) in [4.78, 5) is 18.6. The van der Waals surface area contributed by atoms with Crippen LogP contribution in [0.2, 0.25) is 0 Å². The van der Waals surface area contributed by atoms with Gasteiger partial charge in [-0.2, -0.15) is 0 Å². The molecule has 0 spiro atoms. The first kappa shape index (κ1) is 25.3. The van der Waals surface area contributed by atoms with Crippen molar-refractivity contribution in [3.8, 4) is 17.2 Å². The number of pyridine rings is 1. The van der Waals surface area contributed by atoms with Crippen molar-refractivity contribution in [2.24, 2.45) is 0 Å². The van der Waals surface area contributed by atoms with Crippen LogP contribution in [0.3, 0.4) is 0 Å². The van der Waals surface area contributed by atoms with Crippen LogP contribution in [0.15, 0.2) is 72.9 Å². The summed E-state index contributed by atoms with van der Waals surface area (Å²) in [5, 5.41) is 16.7. The molecular weight excluding hydrogens is 498 g/mol. The molecule has 0 aliphatic carbocycles. The molecule has 2 aromatic carbocycles. The number of hydrogen-bond acceptors (Lipinski definition) is 5. The Morgan fingerprint density at radius 3 is 2.47 bits per heavy atom. The molecule has 3 heterocycles. The third-order valence-electron chi connectivity index (χ3n) is 6.77. The minimum absolute atomic E-state index is 0.192. The molecule has 0 bridgehead atoms. The quantitative estimate of drug-likeness (QED) is 0.292. The van der Waals surface area contributed by atoms with Gasteiger partial charge in [0.2, 0.25) is 5.91 Å². The molecule has 9 heteroatoms. The highest BCUT2D eigenvalue weighted by Gasteiger charge is 2.42. The lowest BCUT2D eigenvalue weighted by atomic mass is 9.96. The van der Waals surface area contributed by atoms with Crippen molar-refractivity contribution in [3.63, 3.8) is 0 Å². The van der Waals surface area contributed by atoms with Crippen molar-refractivity contribution in [2.45, 2.75) is 32.9 Å². The zero-order valence-electron chi connectivity index (χ0n) is 21.6. The lowest BCUT2D eigenvalue weighted by molar-refractivity contribution is -0.114. The number of hydrogen-bond donors (Lipinski definition) is 3. The fraction of sp³-hybridized carbons (Fsp3) is 0.207. The Morgan fingerprint density at radius 2 is 1.82 bits per heavy atom. The monoisotopic (exact) mass is 527 g/mol. The Labute approximate surface area is 226 Å². The second-order valence-corrected chi connectivity index (χ2v) is 9.63. The highest BCUT2D eigenvalue weighted by atomic mass is 32.1. The summed E-state index contributed by atoms with van der Waals surface area (Å²) in [6.07, 6.45) is 1.78. The van der Waals surface area contributed by atoms with Crippen molar-refractivity contribution in [3.05, 3.63) is 95.6 Å². The molecule has 194 valence electrons. The standard InChI is InChI=1S/C29H29N5O3S/c1-17-15-23(18(2)33(17)20-8-11-22(36)12-9-20)28-27(24-7-5-6-14-30-24)32-29(38)34(28)21-10-13-26(37-4)25(16-21)31-19(3)35/h5-16,27-28,36H,1-4H3,(H,31,35)(H,32,38)/t27-,28-/m0/s1. The Kier molecular flexibility index (Phi) is 6.77. The minimum Gasteiger partial charge on any atom is -0.508 e. The van der Waals surface area contributed by atoms with E-state index in [0.29, 0.717) is 16.5 Å². The maximum Gasteiger partial charge on any atom is 0.221 e. The zero-order valence-corrected chi connectivity index (χ0v) is 22.4. The number of ether oxygens (including phenoxy) is 1. The summed E-state index contributed by atoms with van der Waals surface area (Å²) in [5.41, 5.74) is 6.37. The van der Waals surface area contributed by atoms with E-state index < -0.39 is 0 Å². The van der Waals surface area contributed by atoms with Crippen molar-refractivity contribution < 1.29 is 14.6 Å². The number of nitrogens with one attached hydrogen (secondary N) is 2. The largest absolute Gasteiger partial charge is 0.508 e. The molecule has 2 atom stereocenters. The number of carbonyl (C=O) groups excluding carboxylic acids is 1. The van der Waals surface area contributed by atoms with Gasteiger partial charge in [0.15, 0.2) is 5.11 Å². The van der Waals surface area contributed by atoms with Gasteiger partial charge in [0.1, 0.15) is 11.5 Å². The number of anilines is 2. The minimum atomic E-state index is -0.229. The molecular formula is C29H29N5O3S. The fourth-order valence-corrected chi connectivity index (χ4v) is 5.51. The number of aromatic nitrogens is 2. The number of phenolic OH excluding ortho intramolecular Hbond substituents is 1. The zero-order chi connectivity index (χ0) is 27.0. The molecule has 4 aromatic rings. The molecule has 0 unspecified atom stereocenters. The third kappa shape index (κ3) is 4.56. The summed E-state index contributed by atoms with van der Waals surface area (Å²) < 4.78 is 7.64. The summed E-state index contributed by atoms with van der Waals surface area (Å²) in [6.45, 7) is 5.61. The first-order valence-corrected chi connectivity index (χ1v) is 12.6. The van der Waals surface area contributed by atoms with Gasteiger partial charge in [-0.1, -0.05) is 6.07 Å². The highest BCUT2D eigenvalue weighted by Crippen LogP contribution is 2.45. The number of phenols is 1. The number of amides is 1. The van der Waals surface area contributed by atoms with E-state index >= 15 is 0 Å². The smallest absolute Gasteiger partial charge is 0.221 e. The lowest BCUT2D eigenvalue weighted by Gasteiger charge is -2.29. The van der Waals surface area contributed by atoms with Crippen LogP contribution in [0.4, 0.5) is 11.4 Å². The molecule has 5 rings (SSSR count). The van der Waals surface area contributed by atoms with Crippen LogP contribution in [-0.2, 0) is 4.79 Å². The summed E-state index contributed by atoms with van der Waals surface area (Å²) in [5.74, 6) is 0.589. The molecule has 1 saturated heterocycles. The Morgan fingerprint density at radius 1 is 1.08 bits per heavy atom. The Hall–Kier alpha value is -4.37. The van der Waals surface area contributed by atoms with E-state index in [1.54, 1.807) is 25.4 Å². The van der Waals surface area contributed by atoms with Crippen molar-refractivity contribution >= 4 is 34.6 Å². The van der Waals surface area contributed by atoms with Crippen LogP contribution >= 0.6 is 12.2 Å². The second kappa shape index (κ2) is 10.2. The van der Waals surface area contributed by atoms with Crippen LogP contribution in [0.25, 0.3) is 5.69 Å². The van der Waals surface area contributed by atoms with E-state index in [0.717, 1.165) is 34.0 Å². The van der Waals surface area contributed by atoms with Gasteiger partial charge >= 0.3 is 0 Å². The average molecular weight is 528 g/mol. The molecule has 0 radical (unpaired) electrons. The van der Waals surface area contributed by atoms with Crippen molar-refractivity contribution in [2.75, 3.05) is 17.3 Å². The molecule has 38 heavy (non-hydrogen) atoms. The molecule has 8 nitrogen and oxygen atoms in total. The molecule has 1 fully saturated rings. The van der Waals surface area contributed by atoms with Gasteiger partial charge in [-0.25, -0.2) is 0 Å². The van der Waals surface area contributed by atoms with Crippen LogP contribution in [0, 0.1) is 13.8 Å². The number of thiocarbonyl (C=S) groups is 1. The van der Waals surface area contributed by atoms with Crippen LogP contribution in [0.1, 0.15) is 41.7 Å². The predicted octanol–water partition coefficient (Wildman–Crippen LogP) is 5.34. The molecule has 0 saturated carbocycles. The maximum atomic E-state index is 11.9. The van der Waals surface area contributed by atoms with Crippen LogP contribution in [0.5, 0.6) is 11.5 Å². The van der Waals surface area contributed by atoms with E-state index in [4.69, 9.17) is 17.0 Å². The van der Waals surface area contributed by atoms with Gasteiger partial charge in [0.25, 0.3) is 0 Å². The van der Waals surface area contributed by atoms with Gasteiger partial charge < -0.3 is 29.9 Å². The number of carbonyl (C=O) groups is 1. The van der Waals surface area contributed by atoms with Crippen molar-refractivity contribution in [1.82, 2.24) is 14.9 Å². The molecule has 2 aromatic heterocycles. The van der Waals surface area contributed by atoms with E-state index in [-0.39, 0.29) is 23.7 Å². The normalized spacial score (nSPS) is 16.8. The van der Waals surface area contributed by atoms with Crippen LogP contribution in [-0.4, -0.2) is 32.8 Å². The molecule has 1 amide bonds. The first-order valence-electron chi connectivity index (χ1n) is 12.2. The first-order chi connectivity index (χ1) is 18.3. The Balaban J connectivity index is 1.67. The Bertz CT molecular complexity index is 1500. The maximum absolute atomic E-state index is 11.9. The molecule has 1 aliphatic heterocycles. The van der Waals surface area contributed by atoms with Gasteiger partial charge in [0, 0.05) is 35.9 Å². The van der Waals surface area contributed by atoms with Gasteiger partial charge in [-0.3, -0.25) is 9.78 Å². The fourth-order valence-electron chi connectivity index (χ4n) is 5.17. The molecule has 1 aliphatic rings. The van der Waals surface area contributed by atoms with E-state index in [2.05, 4.69) is 45.0 Å².